The molecule has 134 valence electrons. The van der Waals surface area contributed by atoms with Crippen molar-refractivity contribution in [3.63, 3.8) is 0 Å². The van der Waals surface area contributed by atoms with Crippen molar-refractivity contribution in [2.45, 2.75) is 50.4 Å². The van der Waals surface area contributed by atoms with Crippen LogP contribution in [0.3, 0.4) is 0 Å². The lowest BCUT2D eigenvalue weighted by molar-refractivity contribution is -0.151. The van der Waals surface area contributed by atoms with Crippen LogP contribution < -0.4 is 0 Å². The van der Waals surface area contributed by atoms with Gasteiger partial charge in [-0.3, -0.25) is 4.79 Å². The number of hydrogen-bond acceptors (Lipinski definition) is 5. The molecule has 0 spiro atoms. The molecule has 24 heavy (non-hydrogen) atoms. The Hall–Kier alpha value is -1.37. The monoisotopic (exact) mass is 336 g/mol. The van der Waals surface area contributed by atoms with Gasteiger partial charge in [0.15, 0.2) is 0 Å². The number of nitrogens with zero attached hydrogens (tertiary/aromatic N) is 2. The standard InChI is InChI=1S/C18H28N2O4/c1-19-9-11-24-17(13-19)18(22)20-8-4-2-3-6-14(20)12-15(21)16-7-5-10-23-16/h5,7,10,14-15,17,21H,2-4,6,8-9,11-13H2,1H3. The number of aliphatic hydroxyl groups excluding tert-OH is 1. The van der Waals surface area contributed by atoms with Gasteiger partial charge in [0, 0.05) is 32.1 Å². The lowest BCUT2D eigenvalue weighted by atomic mass is 10.0. The Morgan fingerprint density at radius 1 is 1.38 bits per heavy atom. The number of amides is 1. The third-order valence-electron chi connectivity index (χ3n) is 5.07. The molecular weight excluding hydrogens is 308 g/mol. The van der Waals surface area contributed by atoms with Crippen LogP contribution in [0.4, 0.5) is 0 Å². The van der Waals surface area contributed by atoms with E-state index in [1.54, 1.807) is 18.4 Å². The van der Waals surface area contributed by atoms with Gasteiger partial charge in [-0.1, -0.05) is 12.8 Å². The molecule has 2 fully saturated rings. The summed E-state index contributed by atoms with van der Waals surface area (Å²) in [5.41, 5.74) is 0. The first-order chi connectivity index (χ1) is 11.6. The Kier molecular flexibility index (Phi) is 5.92. The van der Waals surface area contributed by atoms with Crippen molar-refractivity contribution in [2.75, 3.05) is 33.3 Å². The molecule has 2 aliphatic rings. The molecule has 6 heteroatoms. The first kappa shape index (κ1) is 17.5. The minimum absolute atomic E-state index is 0.0379. The average Bonchev–Trinajstić information content (AvgIpc) is 3.02. The molecule has 6 nitrogen and oxygen atoms in total. The number of morpholine rings is 1. The number of likely N-dealkylation sites (N-methyl/N-ethyl adjacent to an activating group) is 1. The van der Waals surface area contributed by atoms with Crippen molar-refractivity contribution in [1.29, 1.82) is 0 Å². The third kappa shape index (κ3) is 4.18. The van der Waals surface area contributed by atoms with E-state index in [1.807, 2.05) is 11.9 Å². The number of carbonyl (C=O) groups excluding carboxylic acids is 1. The molecule has 3 heterocycles. The largest absolute Gasteiger partial charge is 0.467 e. The maximum atomic E-state index is 13.0. The van der Waals surface area contributed by atoms with Gasteiger partial charge in [-0.05, 0) is 32.0 Å². The van der Waals surface area contributed by atoms with Crippen molar-refractivity contribution in [3.8, 4) is 0 Å². The van der Waals surface area contributed by atoms with Gasteiger partial charge in [0.1, 0.15) is 18.0 Å². The molecule has 3 atom stereocenters. The maximum absolute atomic E-state index is 13.0. The quantitative estimate of drug-likeness (QED) is 0.908. The second kappa shape index (κ2) is 8.14. The summed E-state index contributed by atoms with van der Waals surface area (Å²) in [5, 5.41) is 10.4. The van der Waals surface area contributed by atoms with Gasteiger partial charge >= 0.3 is 0 Å². The molecule has 0 saturated carbocycles. The SMILES string of the molecule is CN1CCOC(C(=O)N2CCCCCC2CC(O)c2ccco2)C1. The summed E-state index contributed by atoms with van der Waals surface area (Å²) >= 11 is 0. The summed E-state index contributed by atoms with van der Waals surface area (Å²) in [5.74, 6) is 0.639. The van der Waals surface area contributed by atoms with Crippen LogP contribution in [0.25, 0.3) is 0 Å². The van der Waals surface area contributed by atoms with Gasteiger partial charge in [0.25, 0.3) is 5.91 Å². The highest BCUT2D eigenvalue weighted by Crippen LogP contribution is 2.27. The Morgan fingerprint density at radius 2 is 2.25 bits per heavy atom. The minimum Gasteiger partial charge on any atom is -0.467 e. The average molecular weight is 336 g/mol. The van der Waals surface area contributed by atoms with E-state index in [2.05, 4.69) is 4.90 Å². The zero-order valence-electron chi connectivity index (χ0n) is 14.4. The molecule has 2 aliphatic heterocycles. The van der Waals surface area contributed by atoms with Gasteiger partial charge in [-0.25, -0.2) is 0 Å². The van der Waals surface area contributed by atoms with Crippen LogP contribution in [-0.2, 0) is 9.53 Å². The second-order valence-corrected chi connectivity index (χ2v) is 6.92. The fraction of sp³-hybridized carbons (Fsp3) is 0.722. The van der Waals surface area contributed by atoms with Crippen molar-refractivity contribution in [3.05, 3.63) is 24.2 Å². The van der Waals surface area contributed by atoms with E-state index in [-0.39, 0.29) is 18.1 Å². The van der Waals surface area contributed by atoms with E-state index in [0.29, 0.717) is 25.3 Å². The highest BCUT2D eigenvalue weighted by atomic mass is 16.5. The lowest BCUT2D eigenvalue weighted by Crippen LogP contribution is -2.52. The fourth-order valence-corrected chi connectivity index (χ4v) is 3.68. The molecule has 0 aromatic carbocycles. The van der Waals surface area contributed by atoms with E-state index < -0.39 is 6.10 Å². The maximum Gasteiger partial charge on any atom is 0.253 e. The van der Waals surface area contributed by atoms with Crippen molar-refractivity contribution >= 4 is 5.91 Å². The summed E-state index contributed by atoms with van der Waals surface area (Å²) in [6, 6.07) is 3.60. The summed E-state index contributed by atoms with van der Waals surface area (Å²) in [6.45, 7) is 2.85. The molecule has 0 radical (unpaired) electrons. The molecular formula is C18H28N2O4. The number of furan rings is 1. The van der Waals surface area contributed by atoms with Crippen molar-refractivity contribution < 1.29 is 19.1 Å². The fourth-order valence-electron chi connectivity index (χ4n) is 3.68. The number of rotatable bonds is 4. The number of likely N-dealkylation sites (tertiary alicyclic amines) is 1. The number of ether oxygens (including phenoxy) is 1. The summed E-state index contributed by atoms with van der Waals surface area (Å²) in [4.78, 5) is 17.1. The molecule has 2 saturated heterocycles. The van der Waals surface area contributed by atoms with E-state index >= 15 is 0 Å². The molecule has 0 bridgehead atoms. The van der Waals surface area contributed by atoms with Crippen LogP contribution in [-0.4, -0.2) is 66.2 Å². The van der Waals surface area contributed by atoms with Crippen LogP contribution in [0.2, 0.25) is 0 Å². The highest BCUT2D eigenvalue weighted by molar-refractivity contribution is 5.81. The van der Waals surface area contributed by atoms with Crippen LogP contribution in [0.1, 0.15) is 44.0 Å². The van der Waals surface area contributed by atoms with Crippen molar-refractivity contribution in [2.24, 2.45) is 0 Å². The van der Waals surface area contributed by atoms with Gasteiger partial charge in [-0.15, -0.1) is 0 Å². The number of aliphatic hydroxyl groups is 1. The Bertz CT molecular complexity index is 519. The first-order valence-electron chi connectivity index (χ1n) is 8.97. The van der Waals surface area contributed by atoms with E-state index in [4.69, 9.17) is 9.15 Å². The van der Waals surface area contributed by atoms with Crippen LogP contribution >= 0.6 is 0 Å². The van der Waals surface area contributed by atoms with Crippen LogP contribution in [0, 0.1) is 0 Å². The minimum atomic E-state index is -0.673. The predicted molar refractivity (Wildman–Crippen MR) is 89.5 cm³/mol. The molecule has 1 amide bonds. The Labute approximate surface area is 143 Å². The molecule has 3 unspecified atom stereocenters. The lowest BCUT2D eigenvalue weighted by Gasteiger charge is -2.37. The van der Waals surface area contributed by atoms with Gasteiger partial charge in [0.05, 0.1) is 12.9 Å². The van der Waals surface area contributed by atoms with Crippen molar-refractivity contribution in [1.82, 2.24) is 9.80 Å². The summed E-state index contributed by atoms with van der Waals surface area (Å²) in [7, 11) is 2.02. The van der Waals surface area contributed by atoms with E-state index in [9.17, 15) is 9.90 Å². The molecule has 3 rings (SSSR count). The normalized spacial score (nSPS) is 27.7. The third-order valence-corrected chi connectivity index (χ3v) is 5.07. The molecule has 1 aromatic heterocycles. The summed E-state index contributed by atoms with van der Waals surface area (Å²) < 4.78 is 11.0. The predicted octanol–water partition coefficient (Wildman–Crippen LogP) is 1.80. The number of hydrogen-bond donors (Lipinski definition) is 1. The second-order valence-electron chi connectivity index (χ2n) is 6.92. The summed E-state index contributed by atoms with van der Waals surface area (Å²) in [6.07, 6.45) is 5.18. The molecule has 1 aromatic rings. The van der Waals surface area contributed by atoms with Crippen LogP contribution in [0.15, 0.2) is 22.8 Å². The van der Waals surface area contributed by atoms with Gasteiger partial charge < -0.3 is 24.1 Å². The zero-order valence-corrected chi connectivity index (χ0v) is 14.4. The van der Waals surface area contributed by atoms with Crippen LogP contribution in [0.5, 0.6) is 0 Å². The van der Waals surface area contributed by atoms with Gasteiger partial charge in [0.2, 0.25) is 0 Å². The highest BCUT2D eigenvalue weighted by Gasteiger charge is 2.34. The Morgan fingerprint density at radius 3 is 3.00 bits per heavy atom. The molecule has 0 aliphatic carbocycles. The topological polar surface area (TPSA) is 66.2 Å². The molecule has 1 N–H and O–H groups in total. The zero-order chi connectivity index (χ0) is 16.9. The van der Waals surface area contributed by atoms with Gasteiger partial charge in [-0.2, -0.15) is 0 Å². The van der Waals surface area contributed by atoms with E-state index in [0.717, 1.165) is 38.8 Å². The Balaban J connectivity index is 1.68. The number of carbonyl (C=O) groups is 1. The van der Waals surface area contributed by atoms with E-state index in [1.165, 1.54) is 0 Å². The first-order valence-corrected chi connectivity index (χ1v) is 8.97. The smallest absolute Gasteiger partial charge is 0.253 e.